The van der Waals surface area contributed by atoms with E-state index in [9.17, 15) is 4.79 Å². The van der Waals surface area contributed by atoms with E-state index in [2.05, 4.69) is 35.3 Å². The van der Waals surface area contributed by atoms with Crippen LogP contribution >= 0.6 is 0 Å². The zero-order valence-electron chi connectivity index (χ0n) is 16.6. The summed E-state index contributed by atoms with van der Waals surface area (Å²) in [6.07, 6.45) is 1.41. The summed E-state index contributed by atoms with van der Waals surface area (Å²) in [5.74, 6) is 1.61. The smallest absolute Gasteiger partial charge is 0.178 e. The molecule has 1 aliphatic heterocycles. The van der Waals surface area contributed by atoms with Gasteiger partial charge in [0.05, 0.1) is 18.7 Å². The van der Waals surface area contributed by atoms with E-state index in [0.717, 1.165) is 40.3 Å². The average Bonchev–Trinajstić information content (AvgIpc) is 3.16. The number of para-hydroxylation sites is 1. The number of methoxy groups -OCH3 is 1. The van der Waals surface area contributed by atoms with Crippen molar-refractivity contribution in [2.75, 3.05) is 7.11 Å². The number of hydrogen-bond acceptors (Lipinski definition) is 4. The maximum atomic E-state index is 13.2. The maximum Gasteiger partial charge on any atom is 0.178 e. The van der Waals surface area contributed by atoms with E-state index in [1.807, 2.05) is 36.4 Å². The molecule has 0 spiro atoms. The van der Waals surface area contributed by atoms with Crippen LogP contribution in [0.2, 0.25) is 0 Å². The number of ether oxygens (including phenoxy) is 1. The molecule has 1 aromatic heterocycles. The Morgan fingerprint density at radius 3 is 2.55 bits per heavy atom. The number of aromatic nitrogens is 2. The van der Waals surface area contributed by atoms with Gasteiger partial charge >= 0.3 is 0 Å². The van der Waals surface area contributed by atoms with Gasteiger partial charge in [-0.15, -0.1) is 0 Å². The van der Waals surface area contributed by atoms with E-state index in [-0.39, 0.29) is 17.6 Å². The molecule has 1 saturated carbocycles. The molecule has 29 heavy (non-hydrogen) atoms. The second-order valence-corrected chi connectivity index (χ2v) is 7.98. The lowest BCUT2D eigenvalue weighted by Crippen LogP contribution is -2.39. The minimum absolute atomic E-state index is 0.164. The number of Topliss-reactive ketones (excluding diaryl/α,β-unsaturated/α-hetero) is 1. The molecule has 3 unspecified atom stereocenters. The summed E-state index contributed by atoms with van der Waals surface area (Å²) < 4.78 is 5.69. The van der Waals surface area contributed by atoms with Gasteiger partial charge in [-0.3, -0.25) is 9.89 Å². The van der Waals surface area contributed by atoms with Crippen LogP contribution in [0.25, 0.3) is 11.3 Å². The van der Waals surface area contributed by atoms with Crippen molar-refractivity contribution >= 4 is 17.3 Å². The lowest BCUT2D eigenvalue weighted by atomic mass is 9.67. The number of carbonyl (C=O) groups excluding carboxylic acids is 1. The third-order valence-corrected chi connectivity index (χ3v) is 6.03. The molecule has 146 valence electrons. The van der Waals surface area contributed by atoms with Crippen molar-refractivity contribution in [3.05, 3.63) is 65.7 Å². The van der Waals surface area contributed by atoms with Gasteiger partial charge in [0.15, 0.2) is 5.82 Å². The van der Waals surface area contributed by atoms with Crippen LogP contribution in [0.1, 0.15) is 36.8 Å². The normalized spacial score (nSPS) is 23.2. The Labute approximate surface area is 169 Å². The second kappa shape index (κ2) is 6.99. The quantitative estimate of drug-likeness (QED) is 0.696. The molecule has 0 saturated heterocycles. The Bertz CT molecular complexity index is 1100. The van der Waals surface area contributed by atoms with Crippen molar-refractivity contribution in [1.82, 2.24) is 10.2 Å². The largest absolute Gasteiger partial charge is 0.496 e. The maximum absolute atomic E-state index is 13.2. The topological polar surface area (TPSA) is 67.3 Å². The van der Waals surface area contributed by atoms with Gasteiger partial charge in [-0.05, 0) is 24.0 Å². The standard InChI is InChI=1S/C24H23N3O2/c1-14-12-17-21(18(28)13-14)20(16-10-6-7-11-19(16)29-2)22-23(26-27-24(22)25-17)15-8-4-3-5-9-15/h3-11,14,20-21H,12-13H2,1-2H3,(H,26,27). The highest BCUT2D eigenvalue weighted by molar-refractivity contribution is 6.11. The van der Waals surface area contributed by atoms with Crippen molar-refractivity contribution in [2.24, 2.45) is 16.8 Å². The molecule has 2 aromatic carbocycles. The average molecular weight is 385 g/mol. The molecule has 5 heteroatoms. The first-order valence-electron chi connectivity index (χ1n) is 10.0. The molecule has 5 rings (SSSR count). The number of rotatable bonds is 3. The monoisotopic (exact) mass is 385 g/mol. The minimum Gasteiger partial charge on any atom is -0.496 e. The van der Waals surface area contributed by atoms with Crippen molar-refractivity contribution in [3.63, 3.8) is 0 Å². The summed E-state index contributed by atoms with van der Waals surface area (Å²) >= 11 is 0. The molecular weight excluding hydrogens is 362 g/mol. The molecule has 5 nitrogen and oxygen atoms in total. The van der Waals surface area contributed by atoms with Gasteiger partial charge in [0.2, 0.25) is 0 Å². The number of hydrogen-bond donors (Lipinski definition) is 1. The predicted octanol–water partition coefficient (Wildman–Crippen LogP) is 4.92. The van der Waals surface area contributed by atoms with Crippen LogP contribution in [-0.4, -0.2) is 28.8 Å². The fourth-order valence-electron chi connectivity index (χ4n) is 4.81. The minimum atomic E-state index is -0.268. The van der Waals surface area contributed by atoms with E-state index in [1.165, 1.54) is 0 Å². The van der Waals surface area contributed by atoms with Crippen molar-refractivity contribution < 1.29 is 9.53 Å². The molecule has 0 amide bonds. The second-order valence-electron chi connectivity index (χ2n) is 7.98. The SMILES string of the molecule is COc1ccccc1C1c2c(n[nH]c2-c2ccccc2)N=C2CC(C)CC(=O)C21. The number of ketones is 1. The summed E-state index contributed by atoms with van der Waals surface area (Å²) in [6.45, 7) is 2.12. The lowest BCUT2D eigenvalue weighted by molar-refractivity contribution is -0.122. The number of benzene rings is 2. The highest BCUT2D eigenvalue weighted by Crippen LogP contribution is 2.50. The van der Waals surface area contributed by atoms with E-state index in [4.69, 9.17) is 9.73 Å². The van der Waals surface area contributed by atoms with Crippen LogP contribution in [-0.2, 0) is 4.79 Å². The van der Waals surface area contributed by atoms with Crippen LogP contribution in [0.3, 0.4) is 0 Å². The van der Waals surface area contributed by atoms with Crippen LogP contribution in [0.15, 0.2) is 59.6 Å². The first-order chi connectivity index (χ1) is 14.2. The lowest BCUT2D eigenvalue weighted by Gasteiger charge is -2.36. The summed E-state index contributed by atoms with van der Waals surface area (Å²) in [4.78, 5) is 18.1. The van der Waals surface area contributed by atoms with Gasteiger partial charge in [0.1, 0.15) is 11.5 Å². The van der Waals surface area contributed by atoms with Crippen molar-refractivity contribution in [1.29, 1.82) is 0 Å². The first-order valence-corrected chi connectivity index (χ1v) is 10.0. The molecular formula is C24H23N3O2. The van der Waals surface area contributed by atoms with E-state index in [1.54, 1.807) is 7.11 Å². The molecule has 3 aromatic rings. The number of carbonyl (C=O) groups is 1. The Kier molecular flexibility index (Phi) is 4.31. The number of nitrogens with zero attached hydrogens (tertiary/aromatic N) is 2. The molecule has 3 atom stereocenters. The summed E-state index contributed by atoms with van der Waals surface area (Å²) in [7, 11) is 1.68. The summed E-state index contributed by atoms with van der Waals surface area (Å²) in [5.41, 5.74) is 4.90. The van der Waals surface area contributed by atoms with Gasteiger partial charge in [-0.1, -0.05) is 55.5 Å². The Morgan fingerprint density at radius 2 is 1.76 bits per heavy atom. The van der Waals surface area contributed by atoms with Gasteiger partial charge in [-0.2, -0.15) is 5.10 Å². The molecule has 1 N–H and O–H groups in total. The number of H-pyrrole nitrogens is 1. The number of aliphatic imine (C=N–C) groups is 1. The predicted molar refractivity (Wildman–Crippen MR) is 113 cm³/mol. The zero-order valence-corrected chi connectivity index (χ0v) is 16.6. The highest BCUT2D eigenvalue weighted by Gasteiger charge is 2.45. The molecule has 1 fully saturated rings. The molecule has 0 bridgehead atoms. The van der Waals surface area contributed by atoms with Crippen LogP contribution in [0.5, 0.6) is 5.75 Å². The van der Waals surface area contributed by atoms with Crippen molar-refractivity contribution in [2.45, 2.75) is 25.7 Å². The number of fused-ring (bicyclic) bond motifs is 2. The fraction of sp³-hybridized carbons (Fsp3) is 0.292. The number of nitrogens with one attached hydrogen (secondary N) is 1. The van der Waals surface area contributed by atoms with Gasteiger partial charge in [0.25, 0.3) is 0 Å². The Morgan fingerprint density at radius 1 is 1.00 bits per heavy atom. The summed E-state index contributed by atoms with van der Waals surface area (Å²) in [6, 6.07) is 18.1. The molecule has 2 heterocycles. The zero-order chi connectivity index (χ0) is 20.0. The van der Waals surface area contributed by atoms with Crippen molar-refractivity contribution in [3.8, 4) is 17.0 Å². The van der Waals surface area contributed by atoms with E-state index in [0.29, 0.717) is 18.2 Å². The molecule has 0 radical (unpaired) electrons. The third-order valence-electron chi connectivity index (χ3n) is 6.03. The first kappa shape index (κ1) is 17.9. The molecule has 2 aliphatic rings. The van der Waals surface area contributed by atoms with E-state index >= 15 is 0 Å². The van der Waals surface area contributed by atoms with E-state index < -0.39 is 0 Å². The van der Waals surface area contributed by atoms with Crippen LogP contribution < -0.4 is 4.74 Å². The van der Waals surface area contributed by atoms with Crippen LogP contribution in [0, 0.1) is 11.8 Å². The Balaban J connectivity index is 1.77. The van der Waals surface area contributed by atoms with Gasteiger partial charge in [-0.25, -0.2) is 4.99 Å². The Hall–Kier alpha value is -3.21. The van der Waals surface area contributed by atoms with Gasteiger partial charge in [0, 0.05) is 29.2 Å². The van der Waals surface area contributed by atoms with Crippen LogP contribution in [0.4, 0.5) is 5.82 Å². The molecule has 1 aliphatic carbocycles. The fourth-order valence-corrected chi connectivity index (χ4v) is 4.81. The number of aromatic amines is 1. The highest BCUT2D eigenvalue weighted by atomic mass is 16.5. The third kappa shape index (κ3) is 2.89. The summed E-state index contributed by atoms with van der Waals surface area (Å²) in [5, 5.41) is 7.74. The van der Waals surface area contributed by atoms with Gasteiger partial charge < -0.3 is 4.74 Å².